The fraction of sp³-hybridized carbons (Fsp3) is 0.562. The van der Waals surface area contributed by atoms with Crippen LogP contribution in [0.3, 0.4) is 0 Å². The Hall–Kier alpha value is -1.42. The molecule has 1 fully saturated rings. The van der Waals surface area contributed by atoms with Crippen molar-refractivity contribution in [3.8, 4) is 0 Å². The fourth-order valence-electron chi connectivity index (χ4n) is 2.72. The van der Waals surface area contributed by atoms with Crippen LogP contribution in [-0.4, -0.2) is 36.5 Å². The van der Waals surface area contributed by atoms with Crippen molar-refractivity contribution >= 4 is 5.91 Å². The molecule has 1 aromatic rings. The van der Waals surface area contributed by atoms with Gasteiger partial charge in [0.1, 0.15) is 5.82 Å². The van der Waals surface area contributed by atoms with Crippen LogP contribution in [0.1, 0.15) is 42.1 Å². The van der Waals surface area contributed by atoms with Crippen LogP contribution in [0.25, 0.3) is 0 Å². The number of nitrogens with one attached hydrogen (secondary N) is 1. The Morgan fingerprint density at radius 1 is 1.40 bits per heavy atom. The summed E-state index contributed by atoms with van der Waals surface area (Å²) < 4.78 is 13.2. The molecule has 0 spiro atoms. The van der Waals surface area contributed by atoms with Gasteiger partial charge in [0.05, 0.1) is 0 Å². The number of amides is 1. The number of likely N-dealkylation sites (tertiary alicyclic amines) is 1. The summed E-state index contributed by atoms with van der Waals surface area (Å²) >= 11 is 0. The van der Waals surface area contributed by atoms with Crippen LogP contribution in [-0.2, 0) is 0 Å². The zero-order valence-corrected chi connectivity index (χ0v) is 12.3. The molecule has 0 aromatic heterocycles. The summed E-state index contributed by atoms with van der Waals surface area (Å²) in [4.78, 5) is 14.6. The Labute approximate surface area is 120 Å². The zero-order chi connectivity index (χ0) is 14.5. The first-order chi connectivity index (χ1) is 9.60. The molecule has 2 rings (SSSR count). The van der Waals surface area contributed by atoms with Gasteiger partial charge in [0.15, 0.2) is 0 Å². The first kappa shape index (κ1) is 15.0. The summed E-state index contributed by atoms with van der Waals surface area (Å²) in [6, 6.07) is 4.55. The molecular formula is C16H23FN2O. The molecule has 0 aliphatic carbocycles. The quantitative estimate of drug-likeness (QED) is 0.918. The summed E-state index contributed by atoms with van der Waals surface area (Å²) in [5.74, 6) is -0.519. The van der Waals surface area contributed by atoms with Crippen molar-refractivity contribution in [1.29, 1.82) is 0 Å². The Morgan fingerprint density at radius 3 is 2.75 bits per heavy atom. The van der Waals surface area contributed by atoms with Crippen LogP contribution < -0.4 is 5.32 Å². The molecule has 110 valence electrons. The van der Waals surface area contributed by atoms with Gasteiger partial charge in [-0.3, -0.25) is 4.79 Å². The van der Waals surface area contributed by atoms with Gasteiger partial charge < -0.3 is 10.2 Å². The van der Waals surface area contributed by atoms with Gasteiger partial charge in [0.2, 0.25) is 0 Å². The van der Waals surface area contributed by atoms with E-state index < -0.39 is 0 Å². The maximum Gasteiger partial charge on any atom is 0.251 e. The lowest BCUT2D eigenvalue weighted by Crippen LogP contribution is -2.44. The van der Waals surface area contributed by atoms with E-state index in [1.54, 1.807) is 6.07 Å². The van der Waals surface area contributed by atoms with Crippen molar-refractivity contribution in [2.24, 2.45) is 0 Å². The molecule has 20 heavy (non-hydrogen) atoms. The Morgan fingerprint density at radius 2 is 2.10 bits per heavy atom. The first-order valence-electron chi connectivity index (χ1n) is 7.39. The van der Waals surface area contributed by atoms with Gasteiger partial charge in [-0.1, -0.05) is 13.0 Å². The molecule has 1 amide bonds. The summed E-state index contributed by atoms with van der Waals surface area (Å²) in [5.41, 5.74) is 1.26. The van der Waals surface area contributed by atoms with Crippen LogP contribution in [0.2, 0.25) is 0 Å². The summed E-state index contributed by atoms with van der Waals surface area (Å²) in [7, 11) is 0. The molecule has 1 aliphatic rings. The van der Waals surface area contributed by atoms with E-state index >= 15 is 0 Å². The second-order valence-electron chi connectivity index (χ2n) is 5.55. The maximum atomic E-state index is 13.2. The SMILES string of the molecule is CCCN1CCC(NC(=O)c2cc(F)ccc2C)CC1. The minimum atomic E-state index is -0.362. The number of rotatable bonds is 4. The van der Waals surface area contributed by atoms with E-state index in [0.717, 1.165) is 38.0 Å². The fourth-order valence-corrected chi connectivity index (χ4v) is 2.72. The third-order valence-electron chi connectivity index (χ3n) is 3.91. The normalized spacial score (nSPS) is 17.1. The van der Waals surface area contributed by atoms with Gasteiger partial charge in [-0.25, -0.2) is 4.39 Å². The van der Waals surface area contributed by atoms with E-state index in [-0.39, 0.29) is 17.8 Å². The predicted octanol–water partition coefficient (Wildman–Crippen LogP) is 2.74. The Bertz CT molecular complexity index is 468. The lowest BCUT2D eigenvalue weighted by Gasteiger charge is -2.32. The van der Waals surface area contributed by atoms with Gasteiger partial charge >= 0.3 is 0 Å². The molecule has 0 atom stereocenters. The van der Waals surface area contributed by atoms with Crippen molar-refractivity contribution in [3.63, 3.8) is 0 Å². The molecule has 3 nitrogen and oxygen atoms in total. The van der Waals surface area contributed by atoms with Gasteiger partial charge in [-0.15, -0.1) is 0 Å². The van der Waals surface area contributed by atoms with Crippen LogP contribution >= 0.6 is 0 Å². The Balaban J connectivity index is 1.91. The van der Waals surface area contributed by atoms with Crippen molar-refractivity contribution < 1.29 is 9.18 Å². The molecule has 1 N–H and O–H groups in total. The predicted molar refractivity (Wildman–Crippen MR) is 78.4 cm³/mol. The topological polar surface area (TPSA) is 32.3 Å². The van der Waals surface area contributed by atoms with Gasteiger partial charge in [0.25, 0.3) is 5.91 Å². The highest BCUT2D eigenvalue weighted by atomic mass is 19.1. The van der Waals surface area contributed by atoms with Crippen LogP contribution in [0.5, 0.6) is 0 Å². The number of nitrogens with zero attached hydrogens (tertiary/aromatic N) is 1. The molecule has 0 saturated carbocycles. The molecule has 1 saturated heterocycles. The highest BCUT2D eigenvalue weighted by molar-refractivity contribution is 5.95. The average Bonchev–Trinajstić information content (AvgIpc) is 2.44. The molecule has 4 heteroatoms. The summed E-state index contributed by atoms with van der Waals surface area (Å²) in [5, 5.41) is 3.03. The number of aryl methyl sites for hydroxylation is 1. The van der Waals surface area contributed by atoms with Gasteiger partial charge in [-0.05, 0) is 50.4 Å². The third-order valence-corrected chi connectivity index (χ3v) is 3.91. The smallest absolute Gasteiger partial charge is 0.251 e. The number of halogens is 1. The number of benzene rings is 1. The first-order valence-corrected chi connectivity index (χ1v) is 7.39. The second-order valence-corrected chi connectivity index (χ2v) is 5.55. The van der Waals surface area contributed by atoms with Crippen LogP contribution in [0.4, 0.5) is 4.39 Å². The monoisotopic (exact) mass is 278 g/mol. The highest BCUT2D eigenvalue weighted by Crippen LogP contribution is 2.14. The summed E-state index contributed by atoms with van der Waals surface area (Å²) in [6.07, 6.45) is 3.11. The minimum absolute atomic E-state index is 0.157. The van der Waals surface area contributed by atoms with E-state index in [2.05, 4.69) is 17.1 Å². The third kappa shape index (κ3) is 3.79. The van der Waals surface area contributed by atoms with Gasteiger partial charge in [-0.2, -0.15) is 0 Å². The van der Waals surface area contributed by atoms with Crippen molar-refractivity contribution in [2.45, 2.75) is 39.2 Å². The van der Waals surface area contributed by atoms with Gasteiger partial charge in [0, 0.05) is 24.7 Å². The number of hydrogen-bond acceptors (Lipinski definition) is 2. The standard InChI is InChI=1S/C16H23FN2O/c1-3-8-19-9-6-14(7-10-19)18-16(20)15-11-13(17)5-4-12(15)2/h4-5,11,14H,3,6-10H2,1-2H3,(H,18,20). The summed E-state index contributed by atoms with van der Waals surface area (Å²) in [6.45, 7) is 7.20. The highest BCUT2D eigenvalue weighted by Gasteiger charge is 2.21. The number of piperidine rings is 1. The van der Waals surface area contributed by atoms with Crippen LogP contribution in [0, 0.1) is 12.7 Å². The molecule has 0 radical (unpaired) electrons. The molecular weight excluding hydrogens is 255 g/mol. The maximum absolute atomic E-state index is 13.2. The molecule has 1 aromatic carbocycles. The van der Waals surface area contributed by atoms with E-state index in [9.17, 15) is 9.18 Å². The van der Waals surface area contributed by atoms with E-state index in [0.29, 0.717) is 5.56 Å². The van der Waals surface area contributed by atoms with Crippen molar-refractivity contribution in [3.05, 3.63) is 35.1 Å². The number of hydrogen-bond donors (Lipinski definition) is 1. The largest absolute Gasteiger partial charge is 0.349 e. The zero-order valence-electron chi connectivity index (χ0n) is 12.3. The lowest BCUT2D eigenvalue weighted by molar-refractivity contribution is 0.0910. The minimum Gasteiger partial charge on any atom is -0.349 e. The Kier molecular flexibility index (Phi) is 5.12. The molecule has 1 aliphatic heterocycles. The second kappa shape index (κ2) is 6.84. The number of carbonyl (C=O) groups excluding carboxylic acids is 1. The molecule has 1 heterocycles. The van der Waals surface area contributed by atoms with Crippen molar-refractivity contribution in [2.75, 3.05) is 19.6 Å². The van der Waals surface area contributed by atoms with E-state index in [1.165, 1.54) is 18.6 Å². The van der Waals surface area contributed by atoms with Crippen LogP contribution in [0.15, 0.2) is 18.2 Å². The lowest BCUT2D eigenvalue weighted by atomic mass is 10.0. The molecule has 0 bridgehead atoms. The van der Waals surface area contributed by atoms with Crippen molar-refractivity contribution in [1.82, 2.24) is 10.2 Å². The van der Waals surface area contributed by atoms with E-state index in [1.807, 2.05) is 6.92 Å². The average molecular weight is 278 g/mol. The molecule has 0 unspecified atom stereocenters. The van der Waals surface area contributed by atoms with E-state index in [4.69, 9.17) is 0 Å². The number of carbonyl (C=O) groups is 1.